The number of aryl methyl sites for hydroxylation is 2. The standard InChI is InChI=1S/C15H16O2/c1-4-13-11(3)9-14(17-15(13)16)12-7-5-10(2)6-8-12/h5-9H,4H2,1-3H3. The molecule has 1 aromatic carbocycles. The van der Waals surface area contributed by atoms with Crippen LogP contribution in [0.3, 0.4) is 0 Å². The number of hydrogen-bond donors (Lipinski definition) is 0. The summed E-state index contributed by atoms with van der Waals surface area (Å²) in [5, 5.41) is 0. The molecule has 0 unspecified atom stereocenters. The molecule has 0 aliphatic carbocycles. The van der Waals surface area contributed by atoms with Crippen LogP contribution in [-0.2, 0) is 6.42 Å². The van der Waals surface area contributed by atoms with Gasteiger partial charge in [0.25, 0.3) is 0 Å². The topological polar surface area (TPSA) is 30.2 Å². The summed E-state index contributed by atoms with van der Waals surface area (Å²) < 4.78 is 5.35. The first kappa shape index (κ1) is 11.6. The Morgan fingerprint density at radius 1 is 1.12 bits per heavy atom. The van der Waals surface area contributed by atoms with Gasteiger partial charge in [0.05, 0.1) is 0 Å². The highest BCUT2D eigenvalue weighted by atomic mass is 16.4. The molecule has 0 fully saturated rings. The fourth-order valence-electron chi connectivity index (χ4n) is 1.92. The fourth-order valence-corrected chi connectivity index (χ4v) is 1.92. The molecule has 0 N–H and O–H groups in total. The predicted octanol–water partition coefficient (Wildman–Crippen LogP) is 3.49. The molecule has 2 nitrogen and oxygen atoms in total. The maximum absolute atomic E-state index is 11.8. The van der Waals surface area contributed by atoms with Gasteiger partial charge in [0.15, 0.2) is 0 Å². The minimum Gasteiger partial charge on any atom is -0.423 e. The summed E-state index contributed by atoms with van der Waals surface area (Å²) in [6, 6.07) is 9.90. The van der Waals surface area contributed by atoms with Crippen LogP contribution in [0, 0.1) is 13.8 Å². The van der Waals surface area contributed by atoms with Crippen molar-refractivity contribution >= 4 is 0 Å². The Labute approximate surface area is 101 Å². The number of rotatable bonds is 2. The van der Waals surface area contributed by atoms with Gasteiger partial charge in [0, 0.05) is 11.1 Å². The fraction of sp³-hybridized carbons (Fsp3) is 0.267. The van der Waals surface area contributed by atoms with Crippen LogP contribution in [0.25, 0.3) is 11.3 Å². The molecular weight excluding hydrogens is 212 g/mol. The van der Waals surface area contributed by atoms with Gasteiger partial charge in [0.2, 0.25) is 0 Å². The maximum Gasteiger partial charge on any atom is 0.339 e. The highest BCUT2D eigenvalue weighted by molar-refractivity contribution is 5.58. The van der Waals surface area contributed by atoms with E-state index in [1.165, 1.54) is 5.56 Å². The zero-order valence-corrected chi connectivity index (χ0v) is 10.4. The summed E-state index contributed by atoms with van der Waals surface area (Å²) in [4.78, 5) is 11.8. The Hall–Kier alpha value is -1.83. The summed E-state index contributed by atoms with van der Waals surface area (Å²) in [6.45, 7) is 5.95. The first-order valence-electron chi connectivity index (χ1n) is 5.82. The van der Waals surface area contributed by atoms with Crippen LogP contribution in [0.4, 0.5) is 0 Å². The van der Waals surface area contributed by atoms with Crippen LogP contribution in [0.5, 0.6) is 0 Å². The van der Waals surface area contributed by atoms with E-state index in [1.54, 1.807) is 0 Å². The van der Waals surface area contributed by atoms with E-state index in [1.807, 2.05) is 51.1 Å². The van der Waals surface area contributed by atoms with Crippen LogP contribution in [0.1, 0.15) is 23.6 Å². The largest absolute Gasteiger partial charge is 0.423 e. The van der Waals surface area contributed by atoms with Crippen LogP contribution in [0.15, 0.2) is 39.5 Å². The minimum absolute atomic E-state index is 0.219. The van der Waals surface area contributed by atoms with Gasteiger partial charge >= 0.3 is 5.63 Å². The van der Waals surface area contributed by atoms with E-state index < -0.39 is 0 Å². The van der Waals surface area contributed by atoms with Gasteiger partial charge in [-0.2, -0.15) is 0 Å². The maximum atomic E-state index is 11.8. The monoisotopic (exact) mass is 228 g/mol. The molecule has 0 aliphatic rings. The second-order valence-electron chi connectivity index (χ2n) is 4.28. The van der Waals surface area contributed by atoms with Crippen molar-refractivity contribution in [3.05, 3.63) is 57.4 Å². The van der Waals surface area contributed by atoms with Gasteiger partial charge in [0.1, 0.15) is 5.76 Å². The summed E-state index contributed by atoms with van der Waals surface area (Å²) in [7, 11) is 0. The Morgan fingerprint density at radius 3 is 2.29 bits per heavy atom. The van der Waals surface area contributed by atoms with Crippen LogP contribution < -0.4 is 5.63 Å². The smallest absolute Gasteiger partial charge is 0.339 e. The first-order valence-corrected chi connectivity index (χ1v) is 5.82. The molecule has 0 saturated heterocycles. The quantitative estimate of drug-likeness (QED) is 0.787. The molecular formula is C15H16O2. The Bertz CT molecular complexity index is 577. The van der Waals surface area contributed by atoms with E-state index in [-0.39, 0.29) is 5.63 Å². The van der Waals surface area contributed by atoms with Gasteiger partial charge in [-0.05, 0) is 31.9 Å². The third-order valence-electron chi connectivity index (χ3n) is 2.96. The van der Waals surface area contributed by atoms with Crippen LogP contribution >= 0.6 is 0 Å². The van der Waals surface area contributed by atoms with Gasteiger partial charge in [-0.25, -0.2) is 4.79 Å². The Kier molecular flexibility index (Phi) is 3.14. The molecule has 1 heterocycles. The predicted molar refractivity (Wildman–Crippen MR) is 69.3 cm³/mol. The molecule has 2 rings (SSSR count). The van der Waals surface area contributed by atoms with Gasteiger partial charge < -0.3 is 4.42 Å². The molecule has 0 spiro atoms. The normalized spacial score (nSPS) is 10.5. The molecule has 0 amide bonds. The van der Waals surface area contributed by atoms with Crippen molar-refractivity contribution in [1.82, 2.24) is 0 Å². The summed E-state index contributed by atoms with van der Waals surface area (Å²) in [6.07, 6.45) is 0.711. The molecule has 0 radical (unpaired) electrons. The van der Waals surface area contributed by atoms with Crippen molar-refractivity contribution in [3.8, 4) is 11.3 Å². The number of hydrogen-bond acceptors (Lipinski definition) is 2. The van der Waals surface area contributed by atoms with Crippen molar-refractivity contribution in [1.29, 1.82) is 0 Å². The third kappa shape index (κ3) is 2.31. The van der Waals surface area contributed by atoms with Gasteiger partial charge in [-0.15, -0.1) is 0 Å². The highest BCUT2D eigenvalue weighted by Crippen LogP contribution is 2.20. The lowest BCUT2D eigenvalue weighted by Crippen LogP contribution is -2.09. The lowest BCUT2D eigenvalue weighted by atomic mass is 10.1. The molecule has 0 bridgehead atoms. The lowest BCUT2D eigenvalue weighted by molar-refractivity contribution is 0.515. The average Bonchev–Trinajstić information content (AvgIpc) is 2.29. The molecule has 1 aromatic heterocycles. The van der Waals surface area contributed by atoms with Crippen LogP contribution in [-0.4, -0.2) is 0 Å². The average molecular weight is 228 g/mol. The summed E-state index contributed by atoms with van der Waals surface area (Å²) in [5.74, 6) is 0.643. The second-order valence-corrected chi connectivity index (χ2v) is 4.28. The van der Waals surface area contributed by atoms with Crippen molar-refractivity contribution in [2.45, 2.75) is 27.2 Å². The zero-order chi connectivity index (χ0) is 12.4. The van der Waals surface area contributed by atoms with Gasteiger partial charge in [-0.1, -0.05) is 36.8 Å². The lowest BCUT2D eigenvalue weighted by Gasteiger charge is -2.05. The van der Waals surface area contributed by atoms with E-state index in [9.17, 15) is 4.79 Å². The van der Waals surface area contributed by atoms with Crippen molar-refractivity contribution in [3.63, 3.8) is 0 Å². The van der Waals surface area contributed by atoms with E-state index in [0.29, 0.717) is 12.2 Å². The van der Waals surface area contributed by atoms with E-state index in [4.69, 9.17) is 4.42 Å². The molecule has 0 atom stereocenters. The minimum atomic E-state index is -0.219. The van der Waals surface area contributed by atoms with E-state index in [0.717, 1.165) is 16.7 Å². The molecule has 0 saturated carbocycles. The SMILES string of the molecule is CCc1c(C)cc(-c2ccc(C)cc2)oc1=O. The van der Waals surface area contributed by atoms with Gasteiger partial charge in [-0.3, -0.25) is 0 Å². The molecule has 17 heavy (non-hydrogen) atoms. The van der Waals surface area contributed by atoms with Crippen molar-refractivity contribution in [2.24, 2.45) is 0 Å². The summed E-state index contributed by atoms with van der Waals surface area (Å²) >= 11 is 0. The number of benzene rings is 1. The Morgan fingerprint density at radius 2 is 1.76 bits per heavy atom. The summed E-state index contributed by atoms with van der Waals surface area (Å²) in [5.41, 5.74) is 3.68. The van der Waals surface area contributed by atoms with Crippen molar-refractivity contribution < 1.29 is 4.42 Å². The Balaban J connectivity index is 2.54. The van der Waals surface area contributed by atoms with E-state index in [2.05, 4.69) is 0 Å². The molecule has 2 heteroatoms. The zero-order valence-electron chi connectivity index (χ0n) is 10.4. The van der Waals surface area contributed by atoms with E-state index >= 15 is 0 Å². The molecule has 0 aliphatic heterocycles. The molecule has 2 aromatic rings. The second kappa shape index (κ2) is 4.58. The third-order valence-corrected chi connectivity index (χ3v) is 2.96. The highest BCUT2D eigenvalue weighted by Gasteiger charge is 2.08. The first-order chi connectivity index (χ1) is 8.11. The van der Waals surface area contributed by atoms with Crippen molar-refractivity contribution in [2.75, 3.05) is 0 Å². The molecule has 88 valence electrons. The van der Waals surface area contributed by atoms with Crippen LogP contribution in [0.2, 0.25) is 0 Å².